The van der Waals surface area contributed by atoms with Gasteiger partial charge in [-0.1, -0.05) is 35.1 Å². The van der Waals surface area contributed by atoms with E-state index in [-0.39, 0.29) is 12.5 Å². The van der Waals surface area contributed by atoms with Crippen molar-refractivity contribution in [2.24, 2.45) is 0 Å². The third kappa shape index (κ3) is 5.58. The maximum atomic E-state index is 13.0. The molecule has 1 aliphatic heterocycles. The standard InChI is InChI=1S/C24H27ClN4O3S/c1-3-32-21-7-5-4-6-20(21)28-12-14-29(15-13-28)24-27-19(16-31-2)22(33-24)23(30)26-18-10-8-17(25)9-11-18/h4-11H,3,12-16H2,1-2H3,(H,26,30). The number of hydrogen-bond donors (Lipinski definition) is 1. The van der Waals surface area contributed by atoms with Gasteiger partial charge in [0.1, 0.15) is 10.6 Å². The van der Waals surface area contributed by atoms with Crippen LogP contribution in [0.25, 0.3) is 0 Å². The predicted octanol–water partition coefficient (Wildman–Crippen LogP) is 4.92. The Morgan fingerprint density at radius 1 is 1.09 bits per heavy atom. The number of thiazole rings is 1. The lowest BCUT2D eigenvalue weighted by atomic mass is 10.2. The molecule has 1 amide bonds. The van der Waals surface area contributed by atoms with E-state index in [0.29, 0.717) is 27.9 Å². The molecule has 9 heteroatoms. The maximum absolute atomic E-state index is 13.0. The van der Waals surface area contributed by atoms with Gasteiger partial charge in [0.05, 0.1) is 24.6 Å². The first-order valence-electron chi connectivity index (χ1n) is 10.9. The molecule has 3 aromatic rings. The van der Waals surface area contributed by atoms with Crippen molar-refractivity contribution in [3.8, 4) is 5.75 Å². The largest absolute Gasteiger partial charge is 0.492 e. The van der Waals surface area contributed by atoms with Crippen LogP contribution in [-0.2, 0) is 11.3 Å². The molecule has 1 fully saturated rings. The minimum atomic E-state index is -0.197. The number of ether oxygens (including phenoxy) is 2. The van der Waals surface area contributed by atoms with Gasteiger partial charge in [0.25, 0.3) is 5.91 Å². The van der Waals surface area contributed by atoms with Gasteiger partial charge in [0, 0.05) is 44.0 Å². The van der Waals surface area contributed by atoms with E-state index in [1.807, 2.05) is 25.1 Å². The van der Waals surface area contributed by atoms with Gasteiger partial charge in [-0.3, -0.25) is 4.79 Å². The molecule has 7 nitrogen and oxygen atoms in total. The van der Waals surface area contributed by atoms with Crippen LogP contribution in [0.3, 0.4) is 0 Å². The number of anilines is 3. The Morgan fingerprint density at radius 2 is 1.79 bits per heavy atom. The van der Waals surface area contributed by atoms with Crippen LogP contribution in [-0.4, -0.2) is 50.8 Å². The fourth-order valence-corrected chi connectivity index (χ4v) is 4.88. The van der Waals surface area contributed by atoms with Gasteiger partial charge in [-0.25, -0.2) is 4.98 Å². The number of benzene rings is 2. The number of amides is 1. The highest BCUT2D eigenvalue weighted by Crippen LogP contribution is 2.32. The number of methoxy groups -OCH3 is 1. The molecular formula is C24H27ClN4O3S. The fraction of sp³-hybridized carbons (Fsp3) is 0.333. The molecule has 0 spiro atoms. The molecule has 1 aliphatic rings. The van der Waals surface area contributed by atoms with Gasteiger partial charge in [-0.05, 0) is 43.3 Å². The van der Waals surface area contributed by atoms with Crippen molar-refractivity contribution in [3.05, 3.63) is 64.1 Å². The summed E-state index contributed by atoms with van der Waals surface area (Å²) in [6.45, 7) is 6.21. The first-order valence-corrected chi connectivity index (χ1v) is 12.1. The molecule has 0 aliphatic carbocycles. The Balaban J connectivity index is 1.46. The molecule has 174 valence electrons. The fourth-order valence-electron chi connectivity index (χ4n) is 3.74. The third-order valence-electron chi connectivity index (χ3n) is 5.33. The molecule has 4 rings (SSSR count). The monoisotopic (exact) mass is 486 g/mol. The minimum absolute atomic E-state index is 0.197. The topological polar surface area (TPSA) is 66.9 Å². The van der Waals surface area contributed by atoms with E-state index >= 15 is 0 Å². The van der Waals surface area contributed by atoms with E-state index in [1.165, 1.54) is 11.3 Å². The number of nitrogens with zero attached hydrogens (tertiary/aromatic N) is 3. The lowest BCUT2D eigenvalue weighted by molar-refractivity contribution is 0.102. The van der Waals surface area contributed by atoms with Crippen molar-refractivity contribution in [2.45, 2.75) is 13.5 Å². The van der Waals surface area contributed by atoms with Crippen molar-refractivity contribution in [2.75, 3.05) is 55.0 Å². The summed E-state index contributed by atoms with van der Waals surface area (Å²) in [4.78, 5) is 22.8. The first-order chi connectivity index (χ1) is 16.1. The van der Waals surface area contributed by atoms with E-state index in [1.54, 1.807) is 31.4 Å². The van der Waals surface area contributed by atoms with Gasteiger partial charge < -0.3 is 24.6 Å². The maximum Gasteiger partial charge on any atom is 0.267 e. The molecular weight excluding hydrogens is 460 g/mol. The summed E-state index contributed by atoms with van der Waals surface area (Å²) in [7, 11) is 1.61. The summed E-state index contributed by atoms with van der Waals surface area (Å²) in [5, 5.41) is 4.38. The lowest BCUT2D eigenvalue weighted by Crippen LogP contribution is -2.46. The molecule has 1 aromatic heterocycles. The molecule has 2 aromatic carbocycles. The van der Waals surface area contributed by atoms with E-state index in [0.717, 1.165) is 42.7 Å². The van der Waals surface area contributed by atoms with E-state index in [2.05, 4.69) is 21.2 Å². The molecule has 0 radical (unpaired) electrons. The van der Waals surface area contributed by atoms with Crippen LogP contribution in [0.15, 0.2) is 48.5 Å². The molecule has 33 heavy (non-hydrogen) atoms. The lowest BCUT2D eigenvalue weighted by Gasteiger charge is -2.36. The van der Waals surface area contributed by atoms with E-state index in [4.69, 9.17) is 26.1 Å². The number of para-hydroxylation sites is 2. The van der Waals surface area contributed by atoms with E-state index < -0.39 is 0 Å². The number of carbonyl (C=O) groups excluding carboxylic acids is 1. The summed E-state index contributed by atoms with van der Waals surface area (Å²) in [6, 6.07) is 15.2. The molecule has 1 saturated heterocycles. The van der Waals surface area contributed by atoms with Crippen LogP contribution in [0.1, 0.15) is 22.3 Å². The number of piperazine rings is 1. The van der Waals surface area contributed by atoms with Crippen molar-refractivity contribution in [1.29, 1.82) is 0 Å². The molecule has 0 bridgehead atoms. The third-order valence-corrected chi connectivity index (χ3v) is 6.74. The predicted molar refractivity (Wildman–Crippen MR) is 134 cm³/mol. The Kier molecular flexibility index (Phi) is 7.69. The number of carbonyl (C=O) groups is 1. The molecule has 1 N–H and O–H groups in total. The van der Waals surface area contributed by atoms with Crippen LogP contribution in [0.4, 0.5) is 16.5 Å². The molecule has 0 unspecified atom stereocenters. The highest BCUT2D eigenvalue weighted by atomic mass is 35.5. The molecule has 0 atom stereocenters. The van der Waals surface area contributed by atoms with E-state index in [9.17, 15) is 4.79 Å². The second-order valence-electron chi connectivity index (χ2n) is 7.54. The van der Waals surface area contributed by atoms with Crippen LogP contribution in [0.5, 0.6) is 5.75 Å². The van der Waals surface area contributed by atoms with Crippen molar-refractivity contribution in [1.82, 2.24) is 4.98 Å². The zero-order chi connectivity index (χ0) is 23.2. The van der Waals surface area contributed by atoms with Crippen LogP contribution < -0.4 is 19.9 Å². The van der Waals surface area contributed by atoms with Crippen LogP contribution >= 0.6 is 22.9 Å². The van der Waals surface area contributed by atoms with Crippen LogP contribution in [0, 0.1) is 0 Å². The number of rotatable bonds is 8. The van der Waals surface area contributed by atoms with Gasteiger partial charge in [-0.2, -0.15) is 0 Å². The summed E-state index contributed by atoms with van der Waals surface area (Å²) in [5.41, 5.74) is 2.44. The molecule has 0 saturated carbocycles. The van der Waals surface area contributed by atoms with Crippen molar-refractivity contribution in [3.63, 3.8) is 0 Å². The molecule has 2 heterocycles. The summed E-state index contributed by atoms with van der Waals surface area (Å²) in [5.74, 6) is 0.712. The quantitative estimate of drug-likeness (QED) is 0.487. The number of nitrogens with one attached hydrogen (secondary N) is 1. The Morgan fingerprint density at radius 3 is 2.48 bits per heavy atom. The smallest absolute Gasteiger partial charge is 0.267 e. The van der Waals surface area contributed by atoms with Gasteiger partial charge in [0.15, 0.2) is 5.13 Å². The second kappa shape index (κ2) is 10.9. The average molecular weight is 487 g/mol. The van der Waals surface area contributed by atoms with Gasteiger partial charge >= 0.3 is 0 Å². The first kappa shape index (κ1) is 23.4. The average Bonchev–Trinajstić information content (AvgIpc) is 3.26. The SMILES string of the molecule is CCOc1ccccc1N1CCN(c2nc(COC)c(C(=O)Nc3ccc(Cl)cc3)s2)CC1. The van der Waals surface area contributed by atoms with Crippen molar-refractivity contribution >= 4 is 45.4 Å². The van der Waals surface area contributed by atoms with Crippen LogP contribution in [0.2, 0.25) is 5.02 Å². The Bertz CT molecular complexity index is 1080. The number of halogens is 1. The normalized spacial score (nSPS) is 13.8. The second-order valence-corrected chi connectivity index (χ2v) is 8.96. The minimum Gasteiger partial charge on any atom is -0.492 e. The Labute approximate surface area is 202 Å². The highest BCUT2D eigenvalue weighted by Gasteiger charge is 2.25. The summed E-state index contributed by atoms with van der Waals surface area (Å²) >= 11 is 7.34. The zero-order valence-electron chi connectivity index (χ0n) is 18.7. The van der Waals surface area contributed by atoms with Crippen molar-refractivity contribution < 1.29 is 14.3 Å². The number of aromatic nitrogens is 1. The zero-order valence-corrected chi connectivity index (χ0v) is 20.3. The van der Waals surface area contributed by atoms with Gasteiger partial charge in [-0.15, -0.1) is 0 Å². The number of hydrogen-bond acceptors (Lipinski definition) is 7. The van der Waals surface area contributed by atoms with Gasteiger partial charge in [0.2, 0.25) is 0 Å². The summed E-state index contributed by atoms with van der Waals surface area (Å²) < 4.78 is 11.1. The Hall–Kier alpha value is -2.81. The highest BCUT2D eigenvalue weighted by molar-refractivity contribution is 7.17. The summed E-state index contributed by atoms with van der Waals surface area (Å²) in [6.07, 6.45) is 0.